The van der Waals surface area contributed by atoms with Crippen molar-refractivity contribution in [1.82, 2.24) is 4.72 Å². The minimum Gasteiger partial charge on any atom is -0.406 e. The van der Waals surface area contributed by atoms with E-state index in [4.69, 9.17) is 4.74 Å². The molecule has 23 heavy (non-hydrogen) atoms. The molecule has 10 heteroatoms. The van der Waals surface area contributed by atoms with Gasteiger partial charge < -0.3 is 14.6 Å². The van der Waals surface area contributed by atoms with Gasteiger partial charge in [-0.15, -0.1) is 13.2 Å². The van der Waals surface area contributed by atoms with Crippen LogP contribution in [0.3, 0.4) is 0 Å². The smallest absolute Gasteiger partial charge is 0.406 e. The van der Waals surface area contributed by atoms with E-state index >= 15 is 0 Å². The van der Waals surface area contributed by atoms with E-state index in [0.29, 0.717) is 26.1 Å². The summed E-state index contributed by atoms with van der Waals surface area (Å²) in [5.41, 5.74) is -1.19. The van der Waals surface area contributed by atoms with E-state index < -0.39 is 27.7 Å². The van der Waals surface area contributed by atoms with Gasteiger partial charge in [-0.2, -0.15) is 0 Å². The Balaban J connectivity index is 2.01. The second-order valence-corrected chi connectivity index (χ2v) is 6.95. The molecular weight excluding hydrogens is 339 g/mol. The molecule has 1 aromatic rings. The van der Waals surface area contributed by atoms with Crippen molar-refractivity contribution in [2.24, 2.45) is 0 Å². The van der Waals surface area contributed by atoms with Crippen LogP contribution in [0.25, 0.3) is 0 Å². The van der Waals surface area contributed by atoms with Gasteiger partial charge in [-0.25, -0.2) is 13.1 Å². The lowest BCUT2D eigenvalue weighted by Crippen LogP contribution is -2.46. The van der Waals surface area contributed by atoms with Gasteiger partial charge in [0, 0.05) is 32.6 Å². The van der Waals surface area contributed by atoms with Gasteiger partial charge in [0.05, 0.1) is 10.5 Å². The molecule has 0 amide bonds. The molecular formula is C13H16F3NO5S. The molecule has 0 bridgehead atoms. The van der Waals surface area contributed by atoms with Crippen LogP contribution in [0.2, 0.25) is 0 Å². The van der Waals surface area contributed by atoms with Gasteiger partial charge in [0.25, 0.3) is 0 Å². The van der Waals surface area contributed by atoms with Crippen LogP contribution in [0.1, 0.15) is 12.8 Å². The lowest BCUT2D eigenvalue weighted by atomic mass is 9.95. The minimum atomic E-state index is -4.84. The Labute approximate surface area is 131 Å². The zero-order chi connectivity index (χ0) is 17.1. The maximum Gasteiger partial charge on any atom is 0.573 e. The van der Waals surface area contributed by atoms with E-state index in [1.165, 1.54) is 0 Å². The van der Waals surface area contributed by atoms with E-state index in [1.807, 2.05) is 0 Å². The highest BCUT2D eigenvalue weighted by atomic mass is 32.2. The highest BCUT2D eigenvalue weighted by Gasteiger charge is 2.32. The summed E-state index contributed by atoms with van der Waals surface area (Å²) in [6, 6.07) is 3.81. The number of alkyl halides is 3. The number of hydrogen-bond donors (Lipinski definition) is 2. The highest BCUT2D eigenvalue weighted by Crippen LogP contribution is 2.24. The number of halogens is 3. The maximum atomic E-state index is 12.1. The van der Waals surface area contributed by atoms with Crippen LogP contribution in [0.15, 0.2) is 29.2 Å². The molecule has 2 rings (SSSR count). The fraction of sp³-hybridized carbons (Fsp3) is 0.538. The van der Waals surface area contributed by atoms with Gasteiger partial charge in [-0.05, 0) is 24.3 Å². The van der Waals surface area contributed by atoms with Crippen molar-refractivity contribution in [3.8, 4) is 5.75 Å². The summed E-state index contributed by atoms with van der Waals surface area (Å²) in [7, 11) is -3.95. The average molecular weight is 355 g/mol. The normalized spacial score (nSPS) is 18.6. The van der Waals surface area contributed by atoms with Gasteiger partial charge >= 0.3 is 6.36 Å². The van der Waals surface area contributed by atoms with Gasteiger partial charge in [0.1, 0.15) is 5.75 Å². The number of ether oxygens (including phenoxy) is 2. The molecule has 2 N–H and O–H groups in total. The van der Waals surface area contributed by atoms with Gasteiger partial charge in [0.2, 0.25) is 10.0 Å². The molecule has 1 aliphatic rings. The van der Waals surface area contributed by atoms with Crippen LogP contribution < -0.4 is 9.46 Å². The van der Waals surface area contributed by atoms with Crippen LogP contribution in [0.5, 0.6) is 5.75 Å². The van der Waals surface area contributed by atoms with Crippen molar-refractivity contribution in [1.29, 1.82) is 0 Å². The molecule has 6 nitrogen and oxygen atoms in total. The summed E-state index contributed by atoms with van der Waals surface area (Å²) in [4.78, 5) is -0.220. The third-order valence-corrected chi connectivity index (χ3v) is 4.80. The second kappa shape index (κ2) is 6.63. The van der Waals surface area contributed by atoms with Crippen molar-refractivity contribution < 1.29 is 36.2 Å². The van der Waals surface area contributed by atoms with Crippen LogP contribution in [-0.2, 0) is 14.8 Å². The largest absolute Gasteiger partial charge is 0.573 e. The Morgan fingerprint density at radius 3 is 2.30 bits per heavy atom. The maximum absolute atomic E-state index is 12.1. The summed E-state index contributed by atoms with van der Waals surface area (Å²) < 4.78 is 71.4. The van der Waals surface area contributed by atoms with Crippen molar-refractivity contribution in [3.05, 3.63) is 24.3 Å². The number of benzene rings is 1. The average Bonchev–Trinajstić information content (AvgIpc) is 2.45. The Hall–Kier alpha value is -1.36. The number of rotatable bonds is 5. The molecule has 130 valence electrons. The summed E-state index contributed by atoms with van der Waals surface area (Å²) in [5, 5.41) is 10.2. The van der Waals surface area contributed by atoms with Crippen LogP contribution in [0.4, 0.5) is 13.2 Å². The first kappa shape index (κ1) is 18.0. The Morgan fingerprint density at radius 2 is 1.78 bits per heavy atom. The standard InChI is InChI=1S/C13H16F3NO5S/c14-13(15,16)22-10-1-3-11(4-2-10)23(19,20)17-9-12(18)5-7-21-8-6-12/h1-4,17-18H,5-9H2. The molecule has 1 saturated heterocycles. The van der Waals surface area contributed by atoms with Crippen molar-refractivity contribution in [2.45, 2.75) is 29.7 Å². The lowest BCUT2D eigenvalue weighted by Gasteiger charge is -2.31. The molecule has 1 aromatic carbocycles. The Kier molecular flexibility index (Phi) is 5.19. The molecule has 0 atom stereocenters. The topological polar surface area (TPSA) is 84.9 Å². The lowest BCUT2D eigenvalue weighted by molar-refractivity contribution is -0.274. The van der Waals surface area contributed by atoms with E-state index in [9.17, 15) is 26.7 Å². The highest BCUT2D eigenvalue weighted by molar-refractivity contribution is 7.89. The van der Waals surface area contributed by atoms with Crippen LogP contribution in [0, 0.1) is 0 Å². The predicted molar refractivity (Wildman–Crippen MR) is 73.3 cm³/mol. The first-order valence-electron chi connectivity index (χ1n) is 6.75. The van der Waals surface area contributed by atoms with Gasteiger partial charge in [-0.3, -0.25) is 0 Å². The fourth-order valence-electron chi connectivity index (χ4n) is 2.06. The summed E-state index contributed by atoms with van der Waals surface area (Å²) in [6.45, 7) is 0.475. The van der Waals surface area contributed by atoms with Crippen molar-refractivity contribution >= 4 is 10.0 Å². The van der Waals surface area contributed by atoms with Gasteiger partial charge in [-0.1, -0.05) is 0 Å². The van der Waals surface area contributed by atoms with Crippen LogP contribution in [-0.4, -0.2) is 45.2 Å². The molecule has 1 aliphatic heterocycles. The Morgan fingerprint density at radius 1 is 1.22 bits per heavy atom. The second-order valence-electron chi connectivity index (χ2n) is 5.18. The molecule has 1 fully saturated rings. The van der Waals surface area contributed by atoms with E-state index in [1.54, 1.807) is 0 Å². The van der Waals surface area contributed by atoms with Crippen LogP contribution >= 0.6 is 0 Å². The quantitative estimate of drug-likeness (QED) is 0.834. The van der Waals surface area contributed by atoms with Crippen molar-refractivity contribution in [3.63, 3.8) is 0 Å². The number of sulfonamides is 1. The monoisotopic (exact) mass is 355 g/mol. The van der Waals surface area contributed by atoms with E-state index in [2.05, 4.69) is 9.46 Å². The Bertz CT molecular complexity index is 624. The van der Waals surface area contributed by atoms with E-state index in [-0.39, 0.29) is 11.4 Å². The molecule has 0 aromatic heterocycles. The fourth-order valence-corrected chi connectivity index (χ4v) is 3.18. The summed E-state index contributed by atoms with van der Waals surface area (Å²) in [6.07, 6.45) is -4.24. The molecule has 0 aliphatic carbocycles. The third kappa shape index (κ3) is 5.34. The first-order chi connectivity index (χ1) is 10.6. The number of hydrogen-bond acceptors (Lipinski definition) is 5. The summed E-state index contributed by atoms with van der Waals surface area (Å²) >= 11 is 0. The molecule has 0 unspecified atom stereocenters. The van der Waals surface area contributed by atoms with Gasteiger partial charge in [0.15, 0.2) is 0 Å². The minimum absolute atomic E-state index is 0.195. The molecule has 0 spiro atoms. The zero-order valence-electron chi connectivity index (χ0n) is 12.0. The number of aliphatic hydroxyl groups is 1. The summed E-state index contributed by atoms with van der Waals surface area (Å²) in [5.74, 6) is -0.514. The SMILES string of the molecule is O=S(=O)(NCC1(O)CCOCC1)c1ccc(OC(F)(F)F)cc1. The third-order valence-electron chi connectivity index (χ3n) is 3.38. The zero-order valence-corrected chi connectivity index (χ0v) is 12.8. The molecule has 1 heterocycles. The number of nitrogens with one attached hydrogen (secondary N) is 1. The predicted octanol–water partition coefficient (Wildman–Crippen LogP) is 1.40. The van der Waals surface area contributed by atoms with E-state index in [0.717, 1.165) is 24.3 Å². The molecule has 0 radical (unpaired) electrons. The molecule has 0 saturated carbocycles. The first-order valence-corrected chi connectivity index (χ1v) is 8.24. The van der Waals surface area contributed by atoms with Crippen molar-refractivity contribution in [2.75, 3.05) is 19.8 Å².